The number of halogens is 2. The van der Waals surface area contributed by atoms with Crippen molar-refractivity contribution in [1.29, 1.82) is 0 Å². The van der Waals surface area contributed by atoms with E-state index in [-0.39, 0.29) is 10.8 Å². The number of thiocarbonyl (C=S) groups is 1. The van der Waals surface area contributed by atoms with Crippen LogP contribution in [0.5, 0.6) is 5.75 Å². The minimum absolute atomic E-state index is 0.0942. The fourth-order valence-electron chi connectivity index (χ4n) is 1.47. The lowest BCUT2D eigenvalue weighted by atomic mass is 10.3. The lowest BCUT2D eigenvalue weighted by Gasteiger charge is -2.12. The topological polar surface area (TPSA) is 44.3 Å². The van der Waals surface area contributed by atoms with E-state index >= 15 is 0 Å². The average molecular weight is 313 g/mol. The Morgan fingerprint density at radius 2 is 1.74 bits per heavy atom. The van der Waals surface area contributed by atoms with Crippen molar-refractivity contribution in [2.24, 2.45) is 0 Å². The molecule has 98 valence electrons. The van der Waals surface area contributed by atoms with Crippen molar-refractivity contribution < 1.29 is 5.11 Å². The highest BCUT2D eigenvalue weighted by Gasteiger charge is 2.09. The first-order chi connectivity index (χ1) is 9.06. The molecule has 0 aliphatic heterocycles. The molecular weight excluding hydrogens is 303 g/mol. The summed E-state index contributed by atoms with van der Waals surface area (Å²) >= 11 is 16.8. The van der Waals surface area contributed by atoms with Gasteiger partial charge in [-0.25, -0.2) is 0 Å². The van der Waals surface area contributed by atoms with Crippen LogP contribution in [-0.2, 0) is 0 Å². The molecule has 0 spiro atoms. The Labute approximate surface area is 126 Å². The summed E-state index contributed by atoms with van der Waals surface area (Å²) in [7, 11) is 0. The number of rotatable bonds is 2. The van der Waals surface area contributed by atoms with Crippen LogP contribution < -0.4 is 10.6 Å². The predicted octanol–water partition coefficient (Wildman–Crippen LogP) is 4.51. The van der Waals surface area contributed by atoms with Crippen LogP contribution in [-0.4, -0.2) is 10.2 Å². The van der Waals surface area contributed by atoms with Gasteiger partial charge in [-0.3, -0.25) is 0 Å². The molecule has 2 aromatic carbocycles. The summed E-state index contributed by atoms with van der Waals surface area (Å²) in [4.78, 5) is 0. The van der Waals surface area contributed by atoms with E-state index in [1.165, 1.54) is 6.07 Å². The van der Waals surface area contributed by atoms with Crippen molar-refractivity contribution in [2.75, 3.05) is 10.6 Å². The van der Waals surface area contributed by atoms with Gasteiger partial charge in [0.15, 0.2) is 10.9 Å². The molecule has 0 heterocycles. The van der Waals surface area contributed by atoms with Gasteiger partial charge in [0.05, 0.1) is 10.7 Å². The third-order valence-electron chi connectivity index (χ3n) is 2.31. The average Bonchev–Trinajstić information content (AvgIpc) is 2.36. The van der Waals surface area contributed by atoms with Gasteiger partial charge in [0.2, 0.25) is 0 Å². The molecule has 0 amide bonds. The molecular formula is C13H10Cl2N2OS. The van der Waals surface area contributed by atoms with Crippen LogP contribution >= 0.6 is 35.4 Å². The Bertz CT molecular complexity index is 605. The fourth-order valence-corrected chi connectivity index (χ4v) is 2.19. The smallest absolute Gasteiger partial charge is 0.175 e. The number of para-hydroxylation sites is 1. The van der Waals surface area contributed by atoms with Gasteiger partial charge in [0.1, 0.15) is 0 Å². The van der Waals surface area contributed by atoms with Gasteiger partial charge < -0.3 is 15.7 Å². The highest BCUT2D eigenvalue weighted by atomic mass is 35.5. The third kappa shape index (κ3) is 3.73. The minimum atomic E-state index is -0.0942. The van der Waals surface area contributed by atoms with Crippen LogP contribution in [0.2, 0.25) is 10.0 Å². The fraction of sp³-hybridized carbons (Fsp3) is 0. The first-order valence-electron chi connectivity index (χ1n) is 5.37. The number of aromatic hydroxyl groups is 1. The molecule has 3 nitrogen and oxygen atoms in total. The summed E-state index contributed by atoms with van der Waals surface area (Å²) in [5.74, 6) is -0.0942. The molecule has 2 aromatic rings. The molecule has 6 heteroatoms. The molecule has 0 aliphatic rings. The molecule has 0 saturated heterocycles. The molecule has 0 aromatic heterocycles. The lowest BCUT2D eigenvalue weighted by Crippen LogP contribution is -2.19. The van der Waals surface area contributed by atoms with Crippen LogP contribution in [0.15, 0.2) is 42.5 Å². The number of anilines is 2. The van der Waals surface area contributed by atoms with E-state index < -0.39 is 0 Å². The molecule has 0 aliphatic carbocycles. The minimum Gasteiger partial charge on any atom is -0.504 e. The quantitative estimate of drug-likeness (QED) is 0.564. The second-order valence-electron chi connectivity index (χ2n) is 3.73. The van der Waals surface area contributed by atoms with E-state index in [1.54, 1.807) is 6.07 Å². The highest BCUT2D eigenvalue weighted by molar-refractivity contribution is 7.80. The monoisotopic (exact) mass is 312 g/mol. The molecule has 19 heavy (non-hydrogen) atoms. The van der Waals surface area contributed by atoms with Gasteiger partial charge in [-0.05, 0) is 36.5 Å². The van der Waals surface area contributed by atoms with Gasteiger partial charge in [0, 0.05) is 10.7 Å². The Morgan fingerprint density at radius 1 is 1.05 bits per heavy atom. The Balaban J connectivity index is 2.11. The Morgan fingerprint density at radius 3 is 2.42 bits per heavy atom. The Hall–Kier alpha value is -1.49. The number of phenols is 1. The van der Waals surface area contributed by atoms with Gasteiger partial charge >= 0.3 is 0 Å². The summed E-state index contributed by atoms with van der Waals surface area (Å²) in [6.07, 6.45) is 0. The molecule has 0 unspecified atom stereocenters. The second-order valence-corrected chi connectivity index (χ2v) is 4.98. The highest BCUT2D eigenvalue weighted by Crippen LogP contribution is 2.35. The van der Waals surface area contributed by atoms with Crippen molar-refractivity contribution >= 4 is 51.9 Å². The zero-order chi connectivity index (χ0) is 13.8. The summed E-state index contributed by atoms with van der Waals surface area (Å²) in [5.41, 5.74) is 1.19. The number of benzene rings is 2. The van der Waals surface area contributed by atoms with Crippen molar-refractivity contribution in [3.63, 3.8) is 0 Å². The number of phenolic OH excluding ortho intramolecular Hbond substituents is 1. The van der Waals surface area contributed by atoms with Gasteiger partial charge in [-0.1, -0.05) is 41.4 Å². The SMILES string of the molecule is Oc1c(Cl)cc(Cl)cc1NC(=S)Nc1ccccc1. The molecule has 0 fully saturated rings. The largest absolute Gasteiger partial charge is 0.504 e. The summed E-state index contributed by atoms with van der Waals surface area (Å²) < 4.78 is 0. The van der Waals surface area contributed by atoms with Crippen molar-refractivity contribution in [3.05, 3.63) is 52.5 Å². The third-order valence-corrected chi connectivity index (χ3v) is 3.02. The number of hydrogen-bond donors (Lipinski definition) is 3. The van der Waals surface area contributed by atoms with E-state index in [4.69, 9.17) is 35.4 Å². The van der Waals surface area contributed by atoms with Crippen LogP contribution in [0.1, 0.15) is 0 Å². The van der Waals surface area contributed by atoms with Crippen LogP contribution in [0.4, 0.5) is 11.4 Å². The van der Waals surface area contributed by atoms with Gasteiger partial charge in [0.25, 0.3) is 0 Å². The number of nitrogens with one attached hydrogen (secondary N) is 2. The van der Waals surface area contributed by atoms with E-state index in [1.807, 2.05) is 30.3 Å². The molecule has 2 rings (SSSR count). The van der Waals surface area contributed by atoms with E-state index in [2.05, 4.69) is 10.6 Å². The summed E-state index contributed by atoms with van der Waals surface area (Å²) in [6, 6.07) is 12.4. The van der Waals surface area contributed by atoms with Crippen molar-refractivity contribution in [3.8, 4) is 5.75 Å². The van der Waals surface area contributed by atoms with Gasteiger partial charge in [-0.2, -0.15) is 0 Å². The van der Waals surface area contributed by atoms with Crippen LogP contribution in [0, 0.1) is 0 Å². The van der Waals surface area contributed by atoms with Crippen molar-refractivity contribution in [2.45, 2.75) is 0 Å². The molecule has 3 N–H and O–H groups in total. The van der Waals surface area contributed by atoms with Gasteiger partial charge in [-0.15, -0.1) is 0 Å². The lowest BCUT2D eigenvalue weighted by molar-refractivity contribution is 0.478. The first-order valence-corrected chi connectivity index (χ1v) is 6.54. The maximum atomic E-state index is 9.80. The normalized spacial score (nSPS) is 10.0. The van der Waals surface area contributed by atoms with Crippen LogP contribution in [0.25, 0.3) is 0 Å². The molecule has 0 atom stereocenters. The molecule has 0 bridgehead atoms. The first kappa shape index (κ1) is 13.9. The number of hydrogen-bond acceptors (Lipinski definition) is 2. The maximum Gasteiger partial charge on any atom is 0.175 e. The van der Waals surface area contributed by atoms with E-state index in [9.17, 15) is 5.11 Å². The molecule has 0 saturated carbocycles. The molecule has 0 radical (unpaired) electrons. The second kappa shape index (κ2) is 6.10. The van der Waals surface area contributed by atoms with Crippen LogP contribution in [0.3, 0.4) is 0 Å². The standard InChI is InChI=1S/C13H10Cl2N2OS/c14-8-6-10(15)12(18)11(7-8)17-13(19)16-9-4-2-1-3-5-9/h1-7,18H,(H2,16,17,19). The van der Waals surface area contributed by atoms with E-state index in [0.29, 0.717) is 15.8 Å². The summed E-state index contributed by atoms with van der Waals surface area (Å²) in [5, 5.41) is 16.5. The Kier molecular flexibility index (Phi) is 4.47. The van der Waals surface area contributed by atoms with Crippen molar-refractivity contribution in [1.82, 2.24) is 0 Å². The summed E-state index contributed by atoms with van der Waals surface area (Å²) in [6.45, 7) is 0. The van der Waals surface area contributed by atoms with E-state index in [0.717, 1.165) is 5.69 Å². The maximum absolute atomic E-state index is 9.80. The predicted molar refractivity (Wildman–Crippen MR) is 84.4 cm³/mol. The zero-order valence-corrected chi connectivity index (χ0v) is 12.0. The zero-order valence-electron chi connectivity index (χ0n) is 9.65.